The van der Waals surface area contributed by atoms with Crippen molar-refractivity contribution in [2.45, 2.75) is 32.8 Å². The van der Waals surface area contributed by atoms with Gasteiger partial charge in [0.25, 0.3) is 6.33 Å². The van der Waals surface area contributed by atoms with Gasteiger partial charge in [-0.3, -0.25) is 0 Å². The fourth-order valence-corrected chi connectivity index (χ4v) is 13.9. The van der Waals surface area contributed by atoms with Crippen molar-refractivity contribution in [2.24, 2.45) is 0 Å². The van der Waals surface area contributed by atoms with E-state index in [0.717, 1.165) is 28.2 Å². The summed E-state index contributed by atoms with van der Waals surface area (Å²) < 4.78 is 331. The Morgan fingerprint density at radius 3 is 1.94 bits per heavy atom. The van der Waals surface area contributed by atoms with Crippen LogP contribution in [0.1, 0.15) is 78.3 Å². The van der Waals surface area contributed by atoms with Crippen LogP contribution in [0.2, 0.25) is 0 Å². The van der Waals surface area contributed by atoms with Gasteiger partial charge >= 0.3 is 0 Å². The quantitative estimate of drug-likeness (QED) is 0.0658. The molecule has 4 heterocycles. The Labute approximate surface area is 518 Å². The zero-order valence-corrected chi connectivity index (χ0v) is 43.3. The molecule has 0 atom stereocenters. The SMILES string of the molecule is [2H]c1c([2H])c([2H])c([Si](c2c([2H])c([2H])c([2H])c([2H])c2[2H])(c2c([2H])c([2H])c([2H])c([2H])c2[2H])c2c([2H])c([2H])c3c(c2[2H])-c2cccc(C(C([2H])([2H])[2H])(C([2H])([2H])[2H])C([2H])([2H])[2H])c2-[n+]2cn(-c4[c-]c(Oc5[c-]c6c(cc5)c5ccccc5n6-c5cc(C([2H])([2H])[2H])ccn5)ccc4)c4cccc(c42)-c2c([2H])c([2H])c([2H])c([2H])c2-3)c([2H])c1[2H].[Pt]. The van der Waals surface area contributed by atoms with Gasteiger partial charge in [-0.05, 0) is 96.5 Å². The molecule has 14 rings (SSSR count). The van der Waals surface area contributed by atoms with E-state index in [1.54, 1.807) is 22.8 Å². The Morgan fingerprint density at radius 1 is 0.564 bits per heavy atom. The maximum atomic E-state index is 11.3. The first-order chi connectivity index (χ1) is 51.8. The van der Waals surface area contributed by atoms with Crippen molar-refractivity contribution in [3.8, 4) is 62.1 Å². The standard InChI is InChI=1S/C71H53N4OSi.Pt/c1-48-41-42-72-68(43-48)75-65-35-17-16-31-59(65)60-39-37-51(45-67(60)75)76-50-22-18-21-49(44-50)73-47-74-69-62(32-19-34-64(69)71(2,3)4)63-46-55(38-40-58(63)56-29-14-15-30-57(56)61-33-20-36-66(73)70(61)74)77(52-23-8-5-9-24-52,53-25-10-6-11-26-53)54-27-12-7-13-28-54;/h5-43,46-47H,1-4H3;/q-1;/i1D3,2D3,3D3,4D3,5D,6D,7D,8D,9D,10D,11D,12D,13D,14D,15D,23D,24D,25D,26D,27D,28D,29D,30D,38D,40D,46D;. The molecule has 1 aliphatic rings. The first-order valence-corrected chi connectivity index (χ1v) is 25.6. The summed E-state index contributed by atoms with van der Waals surface area (Å²) in [5, 5.41) is -3.61. The molecule has 5 nitrogen and oxygen atoms in total. The molecule has 1 aliphatic heterocycles. The Balaban J connectivity index is 0.0000110. The van der Waals surface area contributed by atoms with Crippen molar-refractivity contribution in [1.82, 2.24) is 14.1 Å². The van der Waals surface area contributed by atoms with Crippen LogP contribution in [0.3, 0.4) is 0 Å². The molecule has 7 heteroatoms. The van der Waals surface area contributed by atoms with Crippen molar-refractivity contribution in [3.63, 3.8) is 0 Å². The molecule has 78 heavy (non-hydrogen) atoms. The van der Waals surface area contributed by atoms with Gasteiger partial charge in [0.15, 0.2) is 19.1 Å². The fraction of sp³-hybridized carbons (Fsp3) is 0.0704. The first-order valence-electron chi connectivity index (χ1n) is 40.6. The Bertz CT molecular complexity index is 5970. The number of hydrogen-bond acceptors (Lipinski definition) is 2. The number of rotatable bonds is 8. The second kappa shape index (κ2) is 19.4. The van der Waals surface area contributed by atoms with Crippen LogP contribution in [0.25, 0.3) is 83.4 Å². The number of benzene rings is 10. The molecular formula is C71H53N4OPtSi-. The summed E-state index contributed by atoms with van der Waals surface area (Å²) in [6, 6.07) is 3.96. The molecule has 0 radical (unpaired) electrons. The summed E-state index contributed by atoms with van der Waals surface area (Å²) in [6.45, 7) is -15.1. The summed E-state index contributed by atoms with van der Waals surface area (Å²) in [4.78, 5) is 4.53. The van der Waals surface area contributed by atoms with Gasteiger partial charge in [0.05, 0.1) is 30.2 Å². The van der Waals surface area contributed by atoms with Crippen LogP contribution in [-0.4, -0.2) is 22.2 Å². The molecular weight excluding hydrogens is 1150 g/mol. The largest absolute Gasteiger partial charge is 0.509 e. The van der Waals surface area contributed by atoms with E-state index in [-0.39, 0.29) is 66.2 Å². The van der Waals surface area contributed by atoms with E-state index in [0.29, 0.717) is 16.4 Å². The molecule has 13 aromatic rings. The van der Waals surface area contributed by atoms with Crippen LogP contribution in [0.5, 0.6) is 11.5 Å². The van der Waals surface area contributed by atoms with Gasteiger partial charge in [-0.1, -0.05) is 208 Å². The molecule has 0 N–H and O–H groups in total. The minimum atomic E-state index is -6.74. The monoisotopic (exact) mass is 1230 g/mol. The average Bonchev–Trinajstić information content (AvgIpc) is 1.02. The van der Waals surface area contributed by atoms with E-state index in [2.05, 4.69) is 17.1 Å². The molecule has 0 amide bonds. The zero-order chi connectivity index (χ0) is 81.0. The van der Waals surface area contributed by atoms with Crippen LogP contribution in [0.4, 0.5) is 0 Å². The third-order valence-electron chi connectivity index (χ3n) is 13.5. The second-order valence-corrected chi connectivity index (χ2v) is 21.3. The van der Waals surface area contributed by atoms with Gasteiger partial charge in [-0.15, -0.1) is 29.7 Å². The molecule has 0 saturated carbocycles. The molecule has 0 spiro atoms. The zero-order valence-electron chi connectivity index (χ0n) is 74.0. The van der Waals surface area contributed by atoms with Gasteiger partial charge in [-0.25, -0.2) is 9.55 Å². The molecule has 378 valence electrons. The molecule has 0 saturated heterocycles. The topological polar surface area (TPSA) is 35.9 Å². The Morgan fingerprint density at radius 2 is 1.21 bits per heavy atom. The van der Waals surface area contributed by atoms with Crippen LogP contribution < -0.4 is 30.1 Å². The van der Waals surface area contributed by atoms with E-state index in [1.807, 2.05) is 18.2 Å². The van der Waals surface area contributed by atoms with E-state index in [1.165, 1.54) is 65.6 Å². The van der Waals surface area contributed by atoms with Gasteiger partial charge in [0.2, 0.25) is 0 Å². The number of aryl methyl sites for hydroxylation is 1. The van der Waals surface area contributed by atoms with Crippen LogP contribution >= 0.6 is 0 Å². The van der Waals surface area contributed by atoms with E-state index >= 15 is 0 Å². The summed E-state index contributed by atoms with van der Waals surface area (Å²) in [7, 11) is -6.74. The van der Waals surface area contributed by atoms with Gasteiger partial charge in [0, 0.05) is 83.1 Å². The average molecular weight is 1240 g/mol. The van der Waals surface area contributed by atoms with Crippen molar-refractivity contribution < 1.29 is 77.0 Å². The molecule has 0 fully saturated rings. The van der Waals surface area contributed by atoms with E-state index in [9.17, 15) is 38.4 Å². The van der Waals surface area contributed by atoms with Crippen molar-refractivity contribution in [2.75, 3.05) is 0 Å². The Hall–Kier alpha value is -8.67. The number of nitrogens with zero attached hydrogens (tertiary/aromatic N) is 4. The summed E-state index contributed by atoms with van der Waals surface area (Å²) >= 11 is 0. The van der Waals surface area contributed by atoms with Crippen LogP contribution in [-0.2, 0) is 26.5 Å². The molecule has 0 unspecified atom stereocenters. The molecule has 10 aromatic carbocycles. The number of ether oxygens (including phenoxy) is 1. The maximum absolute atomic E-state index is 11.3. The third-order valence-corrected chi connectivity index (χ3v) is 17.5. The minimum Gasteiger partial charge on any atom is -0.509 e. The van der Waals surface area contributed by atoms with Crippen molar-refractivity contribution in [3.05, 3.63) is 272 Å². The minimum absolute atomic E-state index is 0. The van der Waals surface area contributed by atoms with Crippen LogP contribution in [0, 0.1) is 19.0 Å². The third kappa shape index (κ3) is 7.92. The van der Waals surface area contributed by atoms with Crippen LogP contribution in [0.15, 0.2) is 249 Å². The molecule has 3 aromatic heterocycles. The number of fused-ring (bicyclic) bond motifs is 10. The number of aromatic nitrogens is 4. The second-order valence-electron chi connectivity index (χ2n) is 17.8. The number of hydrogen-bond donors (Lipinski definition) is 0. The number of para-hydroxylation sites is 3. The predicted octanol–water partition coefficient (Wildman–Crippen LogP) is 14.1. The summed E-state index contributed by atoms with van der Waals surface area (Å²) in [5.41, 5.74) is -9.78. The Kier molecular flexibility index (Phi) is 6.05. The molecule has 0 bridgehead atoms. The van der Waals surface area contributed by atoms with Crippen molar-refractivity contribution >= 4 is 61.7 Å². The first kappa shape index (κ1) is 24.3. The predicted molar refractivity (Wildman–Crippen MR) is 318 cm³/mol. The maximum Gasteiger partial charge on any atom is 0.253 e. The van der Waals surface area contributed by atoms with Gasteiger partial charge < -0.3 is 9.30 Å². The van der Waals surface area contributed by atoms with E-state index in [4.69, 9.17) is 13.0 Å². The number of pyridine rings is 1. The molecule has 0 aliphatic carbocycles. The number of imidazole rings is 1. The van der Waals surface area contributed by atoms with E-state index < -0.39 is 234 Å². The normalized spacial score (nSPS) is 18.9. The fourth-order valence-electron chi connectivity index (χ4n) is 10.3. The smallest absolute Gasteiger partial charge is 0.253 e. The summed E-state index contributed by atoms with van der Waals surface area (Å²) in [5.74, 6) is 0.244. The van der Waals surface area contributed by atoms with Crippen molar-refractivity contribution in [1.29, 1.82) is 0 Å². The van der Waals surface area contributed by atoms with Gasteiger partial charge in [-0.2, -0.15) is 16.7 Å². The van der Waals surface area contributed by atoms with Gasteiger partial charge in [0.1, 0.15) is 11.5 Å². The summed E-state index contributed by atoms with van der Waals surface area (Å²) in [6.07, 6.45) is 2.54.